The second kappa shape index (κ2) is 8.79. The van der Waals surface area contributed by atoms with Crippen LogP contribution in [0.5, 0.6) is 0 Å². The van der Waals surface area contributed by atoms with Gasteiger partial charge in [-0.05, 0) is 50.7 Å². The summed E-state index contributed by atoms with van der Waals surface area (Å²) < 4.78 is 6.42. The molecule has 24 heavy (non-hydrogen) atoms. The van der Waals surface area contributed by atoms with Crippen molar-refractivity contribution in [2.24, 2.45) is 16.3 Å². The average molecular weight is 356 g/mol. The molecule has 2 saturated heterocycles. The van der Waals surface area contributed by atoms with Crippen molar-refractivity contribution in [3.8, 4) is 0 Å². The van der Waals surface area contributed by atoms with Crippen molar-refractivity contribution in [2.45, 2.75) is 71.2 Å². The summed E-state index contributed by atoms with van der Waals surface area (Å²) in [5, 5.41) is 6.99. The van der Waals surface area contributed by atoms with E-state index in [9.17, 15) is 0 Å². The molecule has 0 bridgehead atoms. The molecule has 5 heteroatoms. The smallest absolute Gasteiger partial charge is 0.191 e. The van der Waals surface area contributed by atoms with Gasteiger partial charge in [-0.1, -0.05) is 20.8 Å². The van der Waals surface area contributed by atoms with Crippen molar-refractivity contribution in [1.82, 2.24) is 10.6 Å². The van der Waals surface area contributed by atoms with Gasteiger partial charge in [0.1, 0.15) is 0 Å². The molecule has 0 aromatic heterocycles. The summed E-state index contributed by atoms with van der Waals surface area (Å²) in [4.78, 5) is 4.87. The van der Waals surface area contributed by atoms with Crippen LogP contribution in [0.4, 0.5) is 0 Å². The van der Waals surface area contributed by atoms with Gasteiger partial charge in [0.05, 0.1) is 12.6 Å². The average Bonchev–Trinajstić information content (AvgIpc) is 2.96. The summed E-state index contributed by atoms with van der Waals surface area (Å²) in [5.74, 6) is 2.80. The van der Waals surface area contributed by atoms with Gasteiger partial charge in [-0.15, -0.1) is 0 Å². The first-order valence-electron chi connectivity index (χ1n) is 9.62. The Balaban J connectivity index is 1.92. The zero-order chi connectivity index (χ0) is 17.6. The quantitative estimate of drug-likeness (QED) is 0.583. The lowest BCUT2D eigenvalue weighted by molar-refractivity contribution is -0.0835. The highest BCUT2D eigenvalue weighted by atomic mass is 32.2. The van der Waals surface area contributed by atoms with E-state index < -0.39 is 0 Å². The Hall–Kier alpha value is -0.420. The van der Waals surface area contributed by atoms with Crippen molar-refractivity contribution < 1.29 is 4.74 Å². The maximum atomic E-state index is 6.10. The van der Waals surface area contributed by atoms with Gasteiger partial charge in [0.15, 0.2) is 5.96 Å². The topological polar surface area (TPSA) is 45.7 Å². The molecule has 0 spiro atoms. The molecule has 2 aliphatic rings. The molecule has 2 rings (SSSR count). The lowest BCUT2D eigenvalue weighted by atomic mass is 9.78. The van der Waals surface area contributed by atoms with Gasteiger partial charge < -0.3 is 15.4 Å². The molecule has 2 fully saturated rings. The summed E-state index contributed by atoms with van der Waals surface area (Å²) in [7, 11) is 0. The van der Waals surface area contributed by atoms with Gasteiger partial charge in [-0.3, -0.25) is 4.99 Å². The number of aliphatic imine (C=N–C) groups is 1. The van der Waals surface area contributed by atoms with E-state index in [0.717, 1.165) is 32.2 Å². The predicted molar refractivity (Wildman–Crippen MR) is 106 cm³/mol. The molecule has 4 nitrogen and oxygen atoms in total. The van der Waals surface area contributed by atoms with Gasteiger partial charge in [0.2, 0.25) is 0 Å². The van der Waals surface area contributed by atoms with Crippen LogP contribution in [-0.2, 0) is 4.74 Å². The van der Waals surface area contributed by atoms with Crippen LogP contribution in [0.1, 0.15) is 60.3 Å². The number of thioether (sulfide) groups is 1. The van der Waals surface area contributed by atoms with Gasteiger partial charge in [0.25, 0.3) is 0 Å². The Labute approximate surface area is 153 Å². The van der Waals surface area contributed by atoms with Crippen LogP contribution in [0, 0.1) is 11.3 Å². The van der Waals surface area contributed by atoms with Crippen LogP contribution in [0.25, 0.3) is 0 Å². The van der Waals surface area contributed by atoms with E-state index in [4.69, 9.17) is 9.73 Å². The SMILES string of the molecule is CCNC(=NCC1(C)CCCS1)NCC1CCCOC1C(C)(C)C. The summed E-state index contributed by atoms with van der Waals surface area (Å²) in [6.45, 7) is 15.0. The fourth-order valence-electron chi connectivity index (χ4n) is 3.79. The maximum absolute atomic E-state index is 6.10. The minimum atomic E-state index is 0.191. The minimum absolute atomic E-state index is 0.191. The van der Waals surface area contributed by atoms with Crippen LogP contribution in [0.2, 0.25) is 0 Å². The van der Waals surface area contributed by atoms with E-state index in [-0.39, 0.29) is 5.41 Å². The molecule has 0 amide bonds. The summed E-state index contributed by atoms with van der Waals surface area (Å²) in [6.07, 6.45) is 5.34. The number of ether oxygens (including phenoxy) is 1. The van der Waals surface area contributed by atoms with Crippen LogP contribution in [0.15, 0.2) is 4.99 Å². The third kappa shape index (κ3) is 5.83. The lowest BCUT2D eigenvalue weighted by Crippen LogP contribution is -2.47. The van der Waals surface area contributed by atoms with E-state index >= 15 is 0 Å². The van der Waals surface area contributed by atoms with Crippen molar-refractivity contribution >= 4 is 17.7 Å². The highest BCUT2D eigenvalue weighted by Crippen LogP contribution is 2.38. The maximum Gasteiger partial charge on any atom is 0.191 e. The van der Waals surface area contributed by atoms with Crippen LogP contribution in [-0.4, -0.2) is 48.8 Å². The molecule has 0 radical (unpaired) electrons. The Morgan fingerprint density at radius 2 is 2.08 bits per heavy atom. The highest BCUT2D eigenvalue weighted by Gasteiger charge is 2.35. The van der Waals surface area contributed by atoms with Crippen LogP contribution < -0.4 is 10.6 Å². The first-order valence-corrected chi connectivity index (χ1v) is 10.6. The van der Waals surface area contributed by atoms with Crippen molar-refractivity contribution in [2.75, 3.05) is 32.0 Å². The number of hydrogen-bond acceptors (Lipinski definition) is 3. The van der Waals surface area contributed by atoms with E-state index in [1.165, 1.54) is 31.4 Å². The van der Waals surface area contributed by atoms with E-state index in [2.05, 4.69) is 57.0 Å². The van der Waals surface area contributed by atoms with E-state index in [1.807, 2.05) is 0 Å². The first kappa shape index (κ1) is 19.9. The molecule has 140 valence electrons. The molecule has 0 aliphatic carbocycles. The highest BCUT2D eigenvalue weighted by molar-refractivity contribution is 8.00. The second-order valence-electron chi connectivity index (χ2n) is 8.54. The van der Waals surface area contributed by atoms with Gasteiger partial charge in [-0.25, -0.2) is 0 Å². The molecule has 0 aromatic rings. The number of rotatable bonds is 5. The van der Waals surface area contributed by atoms with E-state index in [0.29, 0.717) is 16.8 Å². The standard InChI is InChI=1S/C19H37N3OS/c1-6-20-17(22-14-19(5)10-8-12-24-19)21-13-15-9-7-11-23-16(15)18(2,3)4/h15-16H,6-14H2,1-5H3,(H2,20,21,22). The lowest BCUT2D eigenvalue weighted by Gasteiger charge is -2.40. The van der Waals surface area contributed by atoms with Crippen LogP contribution in [0.3, 0.4) is 0 Å². The predicted octanol–water partition coefficient (Wildman–Crippen LogP) is 3.67. The molecule has 3 unspecified atom stereocenters. The Kier molecular flexibility index (Phi) is 7.29. The molecular formula is C19H37N3OS. The Bertz CT molecular complexity index is 413. The molecule has 2 N–H and O–H groups in total. The molecule has 3 atom stereocenters. The molecule has 2 heterocycles. The number of hydrogen-bond donors (Lipinski definition) is 2. The molecular weight excluding hydrogens is 318 g/mol. The Morgan fingerprint density at radius 1 is 1.29 bits per heavy atom. The summed E-state index contributed by atoms with van der Waals surface area (Å²) in [5.41, 5.74) is 0.191. The largest absolute Gasteiger partial charge is 0.377 e. The number of nitrogens with zero attached hydrogens (tertiary/aromatic N) is 1. The summed E-state index contributed by atoms with van der Waals surface area (Å²) >= 11 is 2.07. The minimum Gasteiger partial charge on any atom is -0.377 e. The van der Waals surface area contributed by atoms with Gasteiger partial charge in [-0.2, -0.15) is 11.8 Å². The zero-order valence-corrected chi connectivity index (χ0v) is 17.1. The zero-order valence-electron chi connectivity index (χ0n) is 16.3. The van der Waals surface area contributed by atoms with Crippen molar-refractivity contribution in [1.29, 1.82) is 0 Å². The first-order chi connectivity index (χ1) is 11.3. The Morgan fingerprint density at radius 3 is 2.71 bits per heavy atom. The van der Waals surface area contributed by atoms with Gasteiger partial charge >= 0.3 is 0 Å². The molecule has 0 aromatic carbocycles. The van der Waals surface area contributed by atoms with Gasteiger partial charge in [0, 0.05) is 30.4 Å². The third-order valence-corrected chi connectivity index (χ3v) is 6.57. The molecule has 2 aliphatic heterocycles. The fraction of sp³-hybridized carbons (Fsp3) is 0.947. The fourth-order valence-corrected chi connectivity index (χ4v) is 5.01. The van der Waals surface area contributed by atoms with Crippen LogP contribution >= 0.6 is 11.8 Å². The third-order valence-electron chi connectivity index (χ3n) is 5.05. The number of guanidine groups is 1. The second-order valence-corrected chi connectivity index (χ2v) is 10.2. The van der Waals surface area contributed by atoms with Crippen molar-refractivity contribution in [3.05, 3.63) is 0 Å². The number of nitrogens with one attached hydrogen (secondary N) is 2. The monoisotopic (exact) mass is 355 g/mol. The summed E-state index contributed by atoms with van der Waals surface area (Å²) in [6, 6.07) is 0. The van der Waals surface area contributed by atoms with E-state index in [1.54, 1.807) is 0 Å². The van der Waals surface area contributed by atoms with Crippen molar-refractivity contribution in [3.63, 3.8) is 0 Å². The molecule has 0 saturated carbocycles. The normalized spacial score (nSPS) is 32.0.